The van der Waals surface area contributed by atoms with Gasteiger partial charge in [0.2, 0.25) is 0 Å². The van der Waals surface area contributed by atoms with E-state index >= 15 is 0 Å². The van der Waals surface area contributed by atoms with Crippen LogP contribution in [0.3, 0.4) is 0 Å². The van der Waals surface area contributed by atoms with Crippen LogP contribution in [0.25, 0.3) is 0 Å². The van der Waals surface area contributed by atoms with E-state index in [1.54, 1.807) is 0 Å². The van der Waals surface area contributed by atoms with Gasteiger partial charge in [0.25, 0.3) is 0 Å². The van der Waals surface area contributed by atoms with Crippen molar-refractivity contribution >= 4 is 11.8 Å². The van der Waals surface area contributed by atoms with Gasteiger partial charge in [-0.1, -0.05) is 26.2 Å². The number of thioether (sulfide) groups is 1. The van der Waals surface area contributed by atoms with Crippen molar-refractivity contribution in [1.29, 1.82) is 0 Å². The minimum Gasteiger partial charge on any atom is -0.389 e. The molecule has 0 aliphatic rings. The fourth-order valence-electron chi connectivity index (χ4n) is 1.52. The first-order chi connectivity index (χ1) is 8.52. The highest BCUT2D eigenvalue weighted by molar-refractivity contribution is 7.99. The van der Waals surface area contributed by atoms with Crippen LogP contribution in [0.5, 0.6) is 0 Å². The van der Waals surface area contributed by atoms with Gasteiger partial charge in [0, 0.05) is 24.4 Å². The number of ether oxygens (including phenoxy) is 1. The fourth-order valence-corrected chi connectivity index (χ4v) is 1.77. The maximum atomic E-state index is 9.73. The average molecular weight is 277 g/mol. The lowest BCUT2D eigenvalue weighted by molar-refractivity contribution is 0.0354. The van der Waals surface area contributed by atoms with E-state index in [1.807, 2.05) is 11.8 Å². The first-order valence-electron chi connectivity index (χ1n) is 7.03. The third-order valence-electron chi connectivity index (χ3n) is 2.94. The highest BCUT2D eigenvalue weighted by Crippen LogP contribution is 2.19. The van der Waals surface area contributed by atoms with Crippen LogP contribution >= 0.6 is 11.8 Å². The Kier molecular flexibility index (Phi) is 11.2. The van der Waals surface area contributed by atoms with Crippen LogP contribution in [0, 0.1) is 0 Å². The van der Waals surface area contributed by atoms with Crippen molar-refractivity contribution < 1.29 is 9.84 Å². The van der Waals surface area contributed by atoms with E-state index in [0.29, 0.717) is 13.2 Å². The predicted molar refractivity (Wildman–Crippen MR) is 81.4 cm³/mol. The highest BCUT2D eigenvalue weighted by Gasteiger charge is 2.15. The van der Waals surface area contributed by atoms with Gasteiger partial charge in [-0.25, -0.2) is 0 Å². The number of nitrogens with one attached hydrogen (secondary N) is 1. The van der Waals surface area contributed by atoms with Crippen LogP contribution in [0.1, 0.15) is 46.5 Å². The zero-order valence-corrected chi connectivity index (χ0v) is 13.3. The van der Waals surface area contributed by atoms with E-state index in [-0.39, 0.29) is 4.75 Å². The molecule has 0 fully saturated rings. The van der Waals surface area contributed by atoms with Gasteiger partial charge in [0.1, 0.15) is 0 Å². The number of rotatable bonds is 12. The van der Waals surface area contributed by atoms with Crippen molar-refractivity contribution in [2.45, 2.75) is 57.3 Å². The van der Waals surface area contributed by atoms with Crippen molar-refractivity contribution in [2.24, 2.45) is 0 Å². The molecule has 0 aromatic heterocycles. The molecule has 4 heteroatoms. The van der Waals surface area contributed by atoms with E-state index in [4.69, 9.17) is 4.74 Å². The Balaban J connectivity index is 3.35. The second-order valence-corrected chi connectivity index (χ2v) is 6.90. The zero-order chi connectivity index (χ0) is 13.9. The zero-order valence-electron chi connectivity index (χ0n) is 12.5. The molecule has 0 aromatic rings. The van der Waals surface area contributed by atoms with Crippen LogP contribution in [-0.2, 0) is 4.74 Å². The minimum atomic E-state index is -0.395. The summed E-state index contributed by atoms with van der Waals surface area (Å²) in [6, 6.07) is 0. The molecule has 2 N–H and O–H groups in total. The molecule has 0 radical (unpaired) electrons. The van der Waals surface area contributed by atoms with Crippen LogP contribution in [0.2, 0.25) is 0 Å². The molecule has 0 aliphatic heterocycles. The third-order valence-corrected chi connectivity index (χ3v) is 4.19. The first-order valence-corrected chi connectivity index (χ1v) is 8.26. The van der Waals surface area contributed by atoms with Gasteiger partial charge >= 0.3 is 0 Å². The summed E-state index contributed by atoms with van der Waals surface area (Å²) in [5.74, 6) is 0. The maximum Gasteiger partial charge on any atom is 0.0897 e. The van der Waals surface area contributed by atoms with E-state index in [0.717, 1.165) is 19.6 Å². The molecule has 3 nitrogen and oxygen atoms in total. The second kappa shape index (κ2) is 11.1. The summed E-state index contributed by atoms with van der Waals surface area (Å²) in [5, 5.41) is 13.0. The van der Waals surface area contributed by atoms with Crippen LogP contribution in [0.4, 0.5) is 0 Å². The molecule has 1 unspecified atom stereocenters. The molecular weight excluding hydrogens is 246 g/mol. The van der Waals surface area contributed by atoms with E-state index in [2.05, 4.69) is 32.3 Å². The second-order valence-electron chi connectivity index (χ2n) is 5.38. The predicted octanol–water partition coefficient (Wildman–Crippen LogP) is 2.68. The van der Waals surface area contributed by atoms with E-state index in [1.165, 1.54) is 19.3 Å². The Labute approximate surface area is 117 Å². The van der Waals surface area contributed by atoms with Crippen molar-refractivity contribution in [3.8, 4) is 0 Å². The van der Waals surface area contributed by atoms with Gasteiger partial charge in [0.15, 0.2) is 0 Å². The van der Waals surface area contributed by atoms with Crippen molar-refractivity contribution in [2.75, 3.05) is 32.6 Å². The topological polar surface area (TPSA) is 41.5 Å². The summed E-state index contributed by atoms with van der Waals surface area (Å²) < 4.78 is 5.68. The molecule has 18 heavy (non-hydrogen) atoms. The van der Waals surface area contributed by atoms with Gasteiger partial charge in [-0.05, 0) is 26.5 Å². The van der Waals surface area contributed by atoms with Crippen molar-refractivity contribution in [1.82, 2.24) is 5.32 Å². The number of aliphatic hydroxyl groups is 1. The molecule has 0 aliphatic carbocycles. The molecule has 0 saturated carbocycles. The summed E-state index contributed by atoms with van der Waals surface area (Å²) in [7, 11) is 0. The SMILES string of the molecule is CCCCCCOCC(O)CNCC(C)(C)SC. The Morgan fingerprint density at radius 3 is 2.61 bits per heavy atom. The smallest absolute Gasteiger partial charge is 0.0897 e. The van der Waals surface area contributed by atoms with Gasteiger partial charge in [0.05, 0.1) is 12.7 Å². The lowest BCUT2D eigenvalue weighted by Crippen LogP contribution is -2.38. The summed E-state index contributed by atoms with van der Waals surface area (Å²) in [4.78, 5) is 0. The molecule has 0 heterocycles. The summed E-state index contributed by atoms with van der Waals surface area (Å²) >= 11 is 1.83. The standard InChI is InChI=1S/C14H31NO2S/c1-5-6-7-8-9-17-11-13(16)10-15-12-14(2,3)18-4/h13,15-16H,5-12H2,1-4H3. The molecule has 0 spiro atoms. The van der Waals surface area contributed by atoms with Crippen LogP contribution in [0.15, 0.2) is 0 Å². The molecular formula is C14H31NO2S. The lowest BCUT2D eigenvalue weighted by atomic mass is 10.2. The number of hydrogen-bond acceptors (Lipinski definition) is 4. The highest BCUT2D eigenvalue weighted by atomic mass is 32.2. The molecule has 0 amide bonds. The largest absolute Gasteiger partial charge is 0.389 e. The Morgan fingerprint density at radius 1 is 1.28 bits per heavy atom. The van der Waals surface area contributed by atoms with E-state index in [9.17, 15) is 5.11 Å². The molecule has 110 valence electrons. The first kappa shape index (κ1) is 18.2. The fraction of sp³-hybridized carbons (Fsp3) is 1.00. The van der Waals surface area contributed by atoms with Gasteiger partial charge in [-0.3, -0.25) is 0 Å². The monoisotopic (exact) mass is 277 g/mol. The maximum absolute atomic E-state index is 9.73. The van der Waals surface area contributed by atoms with Crippen LogP contribution in [-0.4, -0.2) is 48.5 Å². The lowest BCUT2D eigenvalue weighted by Gasteiger charge is -2.23. The van der Waals surface area contributed by atoms with Crippen LogP contribution < -0.4 is 5.32 Å². The quantitative estimate of drug-likeness (QED) is 0.538. The molecule has 0 aromatic carbocycles. The van der Waals surface area contributed by atoms with Gasteiger partial charge in [-0.2, -0.15) is 11.8 Å². The Hall–Kier alpha value is 0.230. The van der Waals surface area contributed by atoms with Crippen molar-refractivity contribution in [3.05, 3.63) is 0 Å². The molecule has 0 bridgehead atoms. The number of aliphatic hydroxyl groups excluding tert-OH is 1. The average Bonchev–Trinajstić information content (AvgIpc) is 2.33. The summed E-state index contributed by atoms with van der Waals surface area (Å²) in [6.45, 7) is 9.32. The number of unbranched alkanes of at least 4 members (excludes halogenated alkanes) is 3. The molecule has 0 saturated heterocycles. The third kappa shape index (κ3) is 11.3. The molecule has 1 atom stereocenters. The summed E-state index contributed by atoms with van der Waals surface area (Å²) in [6.07, 6.45) is 6.57. The molecule has 0 rings (SSSR count). The minimum absolute atomic E-state index is 0.223. The van der Waals surface area contributed by atoms with Gasteiger partial charge < -0.3 is 15.2 Å². The van der Waals surface area contributed by atoms with Gasteiger partial charge in [-0.15, -0.1) is 0 Å². The number of hydrogen-bond donors (Lipinski definition) is 2. The Morgan fingerprint density at radius 2 is 2.00 bits per heavy atom. The van der Waals surface area contributed by atoms with Crippen molar-refractivity contribution in [3.63, 3.8) is 0 Å². The van der Waals surface area contributed by atoms with E-state index < -0.39 is 6.10 Å². The normalized spacial score (nSPS) is 13.8. The Bertz CT molecular complexity index is 189. The summed E-state index contributed by atoms with van der Waals surface area (Å²) in [5.41, 5.74) is 0.